The van der Waals surface area contributed by atoms with Crippen LogP contribution >= 0.6 is 0 Å². The number of carbonyl (C=O) groups excluding carboxylic acids is 1. The molecule has 0 radical (unpaired) electrons. The van der Waals surface area contributed by atoms with Crippen LogP contribution in [0.5, 0.6) is 0 Å². The molecular formula is C11H19NO4. The zero-order valence-electron chi connectivity index (χ0n) is 9.82. The Morgan fingerprint density at radius 1 is 1.50 bits per heavy atom. The van der Waals surface area contributed by atoms with Crippen molar-refractivity contribution >= 4 is 5.97 Å². The van der Waals surface area contributed by atoms with E-state index < -0.39 is 5.54 Å². The second-order valence-corrected chi connectivity index (χ2v) is 4.46. The molecule has 1 unspecified atom stereocenters. The summed E-state index contributed by atoms with van der Waals surface area (Å²) in [6.45, 7) is 1.63. The van der Waals surface area contributed by atoms with Gasteiger partial charge in [-0.2, -0.15) is 0 Å². The fraction of sp³-hybridized carbons (Fsp3) is 0.909. The summed E-state index contributed by atoms with van der Waals surface area (Å²) in [4.78, 5) is 11.9. The second kappa shape index (κ2) is 4.69. The number of nitrogens with one attached hydrogen (secondary N) is 1. The third kappa shape index (κ3) is 2.07. The van der Waals surface area contributed by atoms with E-state index >= 15 is 0 Å². The van der Waals surface area contributed by atoms with Gasteiger partial charge in [-0.3, -0.25) is 0 Å². The molecule has 1 aliphatic heterocycles. The van der Waals surface area contributed by atoms with E-state index in [1.165, 1.54) is 7.11 Å². The van der Waals surface area contributed by atoms with Gasteiger partial charge in [-0.05, 0) is 25.8 Å². The van der Waals surface area contributed by atoms with Gasteiger partial charge in [-0.1, -0.05) is 0 Å². The van der Waals surface area contributed by atoms with Gasteiger partial charge >= 0.3 is 5.97 Å². The lowest BCUT2D eigenvalue weighted by Crippen LogP contribution is -2.58. The minimum absolute atomic E-state index is 0.135. The summed E-state index contributed by atoms with van der Waals surface area (Å²) < 4.78 is 15.6. The lowest BCUT2D eigenvalue weighted by molar-refractivity contribution is -0.166. The molecule has 92 valence electrons. The van der Waals surface area contributed by atoms with Crippen molar-refractivity contribution in [3.63, 3.8) is 0 Å². The van der Waals surface area contributed by atoms with Gasteiger partial charge in [0, 0.05) is 0 Å². The van der Waals surface area contributed by atoms with Crippen LogP contribution in [0.15, 0.2) is 0 Å². The van der Waals surface area contributed by atoms with Gasteiger partial charge < -0.3 is 19.5 Å². The van der Waals surface area contributed by atoms with Crippen molar-refractivity contribution in [3.8, 4) is 0 Å². The Hall–Kier alpha value is -0.650. The third-order valence-electron chi connectivity index (χ3n) is 3.42. The van der Waals surface area contributed by atoms with Crippen molar-refractivity contribution in [1.82, 2.24) is 5.32 Å². The predicted octanol–water partition coefficient (Wildman–Crippen LogP) is -0.0570. The molecule has 1 heterocycles. The summed E-state index contributed by atoms with van der Waals surface area (Å²) in [5, 5.41) is 3.09. The standard InChI is InChI=1S/C11H19NO4/c1-12-11(8-3-4-8,10(13)14-2)7-16-9-5-15-6-9/h8-9,12H,3-7H2,1-2H3. The highest BCUT2D eigenvalue weighted by molar-refractivity contribution is 5.82. The van der Waals surface area contributed by atoms with Crippen LogP contribution in [0.2, 0.25) is 0 Å². The highest BCUT2D eigenvalue weighted by Crippen LogP contribution is 2.40. The van der Waals surface area contributed by atoms with Gasteiger partial charge in [0.25, 0.3) is 0 Å². The van der Waals surface area contributed by atoms with Gasteiger partial charge in [0.2, 0.25) is 0 Å². The Bertz CT molecular complexity index is 263. The van der Waals surface area contributed by atoms with Gasteiger partial charge in [0.05, 0.1) is 26.9 Å². The molecule has 16 heavy (non-hydrogen) atoms. The van der Waals surface area contributed by atoms with Gasteiger partial charge in [-0.25, -0.2) is 4.79 Å². The average Bonchev–Trinajstić information content (AvgIpc) is 3.05. The SMILES string of the molecule is CNC(COC1COC1)(C(=O)OC)C1CC1. The molecule has 5 heteroatoms. The van der Waals surface area contributed by atoms with Crippen LogP contribution in [0.25, 0.3) is 0 Å². The molecule has 2 aliphatic rings. The molecule has 0 aromatic rings. The largest absolute Gasteiger partial charge is 0.468 e. The van der Waals surface area contributed by atoms with E-state index in [2.05, 4.69) is 5.32 Å². The van der Waals surface area contributed by atoms with Crippen LogP contribution in [0.3, 0.4) is 0 Å². The molecule has 0 spiro atoms. The molecule has 5 nitrogen and oxygen atoms in total. The summed E-state index contributed by atoms with van der Waals surface area (Å²) in [5.41, 5.74) is -0.662. The Morgan fingerprint density at radius 2 is 2.19 bits per heavy atom. The van der Waals surface area contributed by atoms with Crippen LogP contribution in [0, 0.1) is 5.92 Å². The second-order valence-electron chi connectivity index (χ2n) is 4.46. The summed E-state index contributed by atoms with van der Waals surface area (Å²) in [6.07, 6.45) is 2.25. The number of methoxy groups -OCH3 is 1. The first-order valence-electron chi connectivity index (χ1n) is 5.69. The monoisotopic (exact) mass is 229 g/mol. The number of rotatable bonds is 6. The lowest BCUT2D eigenvalue weighted by atomic mass is 9.94. The summed E-state index contributed by atoms with van der Waals surface area (Å²) in [5.74, 6) is 0.115. The number of esters is 1. The fourth-order valence-electron chi connectivity index (χ4n) is 2.04. The zero-order valence-corrected chi connectivity index (χ0v) is 9.82. The number of carbonyl (C=O) groups is 1. The highest BCUT2D eigenvalue weighted by atomic mass is 16.6. The highest BCUT2D eigenvalue weighted by Gasteiger charge is 2.51. The molecule has 2 fully saturated rings. The van der Waals surface area contributed by atoms with Crippen molar-refractivity contribution in [2.24, 2.45) is 5.92 Å². The van der Waals surface area contributed by atoms with Crippen LogP contribution in [0.4, 0.5) is 0 Å². The normalized spacial score (nSPS) is 24.6. The maximum atomic E-state index is 11.9. The van der Waals surface area contributed by atoms with Crippen molar-refractivity contribution in [2.45, 2.75) is 24.5 Å². The molecular weight excluding hydrogens is 210 g/mol. The van der Waals surface area contributed by atoms with E-state index in [4.69, 9.17) is 14.2 Å². The Morgan fingerprint density at radius 3 is 2.56 bits per heavy atom. The van der Waals surface area contributed by atoms with Crippen LogP contribution in [-0.4, -0.2) is 51.6 Å². The molecule has 2 rings (SSSR count). The maximum Gasteiger partial charge on any atom is 0.328 e. The Balaban J connectivity index is 1.96. The van der Waals surface area contributed by atoms with Crippen molar-refractivity contribution in [1.29, 1.82) is 0 Å². The van der Waals surface area contributed by atoms with Crippen molar-refractivity contribution in [2.75, 3.05) is 34.0 Å². The van der Waals surface area contributed by atoms with E-state index in [1.54, 1.807) is 7.05 Å². The molecule has 0 bridgehead atoms. The third-order valence-corrected chi connectivity index (χ3v) is 3.42. The number of ether oxygens (including phenoxy) is 3. The molecule has 0 aromatic heterocycles. The van der Waals surface area contributed by atoms with E-state index in [0.29, 0.717) is 25.7 Å². The summed E-state index contributed by atoms with van der Waals surface area (Å²) >= 11 is 0. The van der Waals surface area contributed by atoms with Crippen molar-refractivity contribution < 1.29 is 19.0 Å². The van der Waals surface area contributed by atoms with Crippen molar-refractivity contribution in [3.05, 3.63) is 0 Å². The molecule has 1 saturated carbocycles. The fourth-order valence-corrected chi connectivity index (χ4v) is 2.04. The topological polar surface area (TPSA) is 56.8 Å². The molecule has 1 N–H and O–H groups in total. The van der Waals surface area contributed by atoms with Crippen LogP contribution in [0.1, 0.15) is 12.8 Å². The van der Waals surface area contributed by atoms with Gasteiger partial charge in [0.15, 0.2) is 0 Å². The molecule has 0 aromatic carbocycles. The Labute approximate surface area is 95.4 Å². The number of likely N-dealkylation sites (N-methyl/N-ethyl adjacent to an activating group) is 1. The minimum Gasteiger partial charge on any atom is -0.468 e. The van der Waals surface area contributed by atoms with Crippen LogP contribution in [-0.2, 0) is 19.0 Å². The molecule has 1 saturated heterocycles. The lowest BCUT2D eigenvalue weighted by Gasteiger charge is -2.34. The number of hydrogen-bond donors (Lipinski definition) is 1. The Kier molecular flexibility index (Phi) is 3.47. The molecule has 0 amide bonds. The minimum atomic E-state index is -0.662. The molecule has 1 atom stereocenters. The predicted molar refractivity (Wildman–Crippen MR) is 57.1 cm³/mol. The quantitative estimate of drug-likeness (QED) is 0.647. The first-order chi connectivity index (χ1) is 7.73. The van der Waals surface area contributed by atoms with E-state index in [9.17, 15) is 4.79 Å². The first kappa shape index (κ1) is 11.8. The first-order valence-corrected chi connectivity index (χ1v) is 5.69. The smallest absolute Gasteiger partial charge is 0.328 e. The molecule has 1 aliphatic carbocycles. The summed E-state index contributed by atoms with van der Waals surface area (Å²) in [7, 11) is 3.21. The summed E-state index contributed by atoms with van der Waals surface area (Å²) in [6, 6.07) is 0. The number of hydrogen-bond acceptors (Lipinski definition) is 5. The average molecular weight is 229 g/mol. The van der Waals surface area contributed by atoms with E-state index in [1.807, 2.05) is 0 Å². The maximum absolute atomic E-state index is 11.9. The van der Waals surface area contributed by atoms with Gasteiger partial charge in [-0.15, -0.1) is 0 Å². The zero-order chi connectivity index (χ0) is 11.6. The van der Waals surface area contributed by atoms with Crippen LogP contribution < -0.4 is 5.32 Å². The van der Waals surface area contributed by atoms with E-state index in [-0.39, 0.29) is 12.1 Å². The van der Waals surface area contributed by atoms with E-state index in [0.717, 1.165) is 12.8 Å². The van der Waals surface area contributed by atoms with Gasteiger partial charge in [0.1, 0.15) is 11.6 Å².